The number of amides is 4. The van der Waals surface area contributed by atoms with Gasteiger partial charge in [0.1, 0.15) is 11.5 Å². The summed E-state index contributed by atoms with van der Waals surface area (Å²) in [4.78, 5) is 41.6. The predicted octanol–water partition coefficient (Wildman–Crippen LogP) is 3.08. The van der Waals surface area contributed by atoms with E-state index in [1.165, 1.54) is 11.8 Å². The molecule has 6 N–H and O–H groups in total. The number of benzene rings is 2. The molecule has 0 bridgehead atoms. The largest absolute Gasteiger partial charge is 0.457 e. The molecule has 4 aliphatic rings. The zero-order valence-electron chi connectivity index (χ0n) is 23.0. The fourth-order valence-corrected chi connectivity index (χ4v) is 7.86. The summed E-state index contributed by atoms with van der Waals surface area (Å²) in [6.45, 7) is 2.65. The van der Waals surface area contributed by atoms with Gasteiger partial charge in [-0.05, 0) is 68.6 Å². The summed E-state index contributed by atoms with van der Waals surface area (Å²) >= 11 is 1.48. The standard InChI is InChI=1S/C30H36N6O4S/c1-17-15-19(40-18-7-3-2-4-8-18)11-12-22(17)36-23-13-14-32-29-25(23)26(35-30(36)39)27(41-29)28(38)34-21-10-6-5-9-20(21)33-24(37)16-31/h2-4,7-8,11-12,15,20-21,23,25,29,32H,5-6,9-10,13-14,16,31H2,1H3,(H,33,37)(H,34,38)(H,35,39)/t20-,21+,23?,25?,29?/m1/s1. The average molecular weight is 577 g/mol. The van der Waals surface area contributed by atoms with Crippen LogP contribution in [-0.4, -0.2) is 54.4 Å². The summed E-state index contributed by atoms with van der Waals surface area (Å²) in [5.74, 6) is 0.984. The number of aryl methyl sites for hydroxylation is 1. The summed E-state index contributed by atoms with van der Waals surface area (Å²) in [7, 11) is 0. The first-order valence-corrected chi connectivity index (χ1v) is 15.2. The van der Waals surface area contributed by atoms with Crippen LogP contribution in [0.4, 0.5) is 10.5 Å². The van der Waals surface area contributed by atoms with Gasteiger partial charge in [-0.2, -0.15) is 0 Å². The lowest BCUT2D eigenvalue weighted by Crippen LogP contribution is -2.62. The molecule has 0 radical (unpaired) electrons. The molecular formula is C30H36N6O4S. The Bertz CT molecular complexity index is 1370. The molecule has 41 heavy (non-hydrogen) atoms. The third kappa shape index (κ3) is 5.53. The highest BCUT2D eigenvalue weighted by Crippen LogP contribution is 2.48. The van der Waals surface area contributed by atoms with Gasteiger partial charge in [-0.1, -0.05) is 42.8 Å². The second kappa shape index (κ2) is 11.8. The Morgan fingerprint density at radius 2 is 1.80 bits per heavy atom. The van der Waals surface area contributed by atoms with Crippen molar-refractivity contribution in [1.29, 1.82) is 0 Å². The third-order valence-corrected chi connectivity index (χ3v) is 9.72. The number of hydrogen-bond acceptors (Lipinski definition) is 7. The van der Waals surface area contributed by atoms with E-state index in [9.17, 15) is 14.4 Å². The number of urea groups is 1. The maximum absolute atomic E-state index is 13.7. The number of hydrogen-bond donors (Lipinski definition) is 5. The van der Waals surface area contributed by atoms with Crippen molar-refractivity contribution in [1.82, 2.24) is 21.3 Å². The SMILES string of the molecule is Cc1cc(Oc2ccccc2)ccc1N1C(=O)NC2=C(C(=O)N[C@H]3CCCC[C@H]3NC(=O)CN)SC3NCCC1C23. The van der Waals surface area contributed by atoms with Gasteiger partial charge in [-0.15, -0.1) is 0 Å². The van der Waals surface area contributed by atoms with E-state index < -0.39 is 0 Å². The molecule has 2 aromatic carbocycles. The quantitative estimate of drug-likeness (QED) is 0.342. The van der Waals surface area contributed by atoms with Gasteiger partial charge in [0, 0.05) is 29.4 Å². The van der Waals surface area contributed by atoms with E-state index in [1.807, 2.05) is 60.4 Å². The van der Waals surface area contributed by atoms with E-state index in [4.69, 9.17) is 10.5 Å². The molecule has 1 saturated carbocycles. The lowest BCUT2D eigenvalue weighted by molar-refractivity contribution is -0.122. The highest BCUT2D eigenvalue weighted by atomic mass is 32.2. The van der Waals surface area contributed by atoms with Gasteiger partial charge in [0.2, 0.25) is 5.91 Å². The van der Waals surface area contributed by atoms with Gasteiger partial charge < -0.3 is 31.7 Å². The minimum atomic E-state index is -0.236. The van der Waals surface area contributed by atoms with Crippen LogP contribution in [0, 0.1) is 12.8 Å². The van der Waals surface area contributed by atoms with Crippen LogP contribution in [0.25, 0.3) is 0 Å². The second-order valence-electron chi connectivity index (χ2n) is 11.0. The van der Waals surface area contributed by atoms with Crippen LogP contribution >= 0.6 is 11.8 Å². The Morgan fingerprint density at radius 3 is 2.54 bits per heavy atom. The van der Waals surface area contributed by atoms with E-state index >= 15 is 0 Å². The first kappa shape index (κ1) is 27.6. The molecule has 2 aromatic rings. The zero-order chi connectivity index (χ0) is 28.5. The topological polar surface area (TPSA) is 138 Å². The summed E-state index contributed by atoms with van der Waals surface area (Å²) in [6.07, 6.45) is 4.32. The van der Waals surface area contributed by atoms with Gasteiger partial charge in [-0.3, -0.25) is 14.5 Å². The molecule has 3 aliphatic heterocycles. The minimum Gasteiger partial charge on any atom is -0.457 e. The van der Waals surface area contributed by atoms with Crippen LogP contribution < -0.4 is 36.6 Å². The van der Waals surface area contributed by atoms with E-state index in [-0.39, 0.29) is 53.8 Å². The Hall–Kier alpha value is -3.54. The molecule has 11 heteroatoms. The number of rotatable bonds is 7. The molecule has 0 spiro atoms. The number of nitrogens with two attached hydrogens (primary N) is 1. The van der Waals surface area contributed by atoms with Crippen LogP contribution in [0.3, 0.4) is 0 Å². The van der Waals surface area contributed by atoms with Crippen molar-refractivity contribution in [3.8, 4) is 11.5 Å². The number of ether oxygens (including phenoxy) is 1. The summed E-state index contributed by atoms with van der Waals surface area (Å²) < 4.78 is 6.00. The highest BCUT2D eigenvalue weighted by molar-refractivity contribution is 8.04. The number of nitrogens with one attached hydrogen (secondary N) is 4. The van der Waals surface area contributed by atoms with Crippen molar-refractivity contribution >= 4 is 35.3 Å². The van der Waals surface area contributed by atoms with Crippen LogP contribution in [-0.2, 0) is 9.59 Å². The molecular weight excluding hydrogens is 540 g/mol. The number of para-hydroxylation sites is 1. The Kier molecular flexibility index (Phi) is 7.92. The van der Waals surface area contributed by atoms with Crippen molar-refractivity contribution in [3.63, 3.8) is 0 Å². The summed E-state index contributed by atoms with van der Waals surface area (Å²) in [6, 6.07) is 14.7. The van der Waals surface area contributed by atoms with Gasteiger partial charge in [0.15, 0.2) is 0 Å². The molecule has 4 amide bonds. The summed E-state index contributed by atoms with van der Waals surface area (Å²) in [5.41, 5.74) is 7.96. The van der Waals surface area contributed by atoms with Gasteiger partial charge >= 0.3 is 6.03 Å². The molecule has 1 aliphatic carbocycles. The molecule has 2 saturated heterocycles. The van der Waals surface area contributed by atoms with Crippen molar-refractivity contribution in [2.45, 2.75) is 62.5 Å². The summed E-state index contributed by atoms with van der Waals surface area (Å²) in [5, 5.41) is 12.7. The monoisotopic (exact) mass is 576 g/mol. The van der Waals surface area contributed by atoms with Crippen molar-refractivity contribution < 1.29 is 19.1 Å². The maximum Gasteiger partial charge on any atom is 0.326 e. The molecule has 3 heterocycles. The van der Waals surface area contributed by atoms with Crippen LogP contribution in [0.5, 0.6) is 11.5 Å². The van der Waals surface area contributed by atoms with Crippen LogP contribution in [0.1, 0.15) is 37.7 Å². The number of piperidine rings is 1. The second-order valence-corrected chi connectivity index (χ2v) is 12.2. The molecule has 10 nitrogen and oxygen atoms in total. The van der Waals surface area contributed by atoms with E-state index in [0.29, 0.717) is 16.4 Å². The fourth-order valence-electron chi connectivity index (χ4n) is 6.46. The molecule has 3 unspecified atom stereocenters. The van der Waals surface area contributed by atoms with E-state index in [2.05, 4.69) is 21.3 Å². The van der Waals surface area contributed by atoms with Crippen molar-refractivity contribution in [2.75, 3.05) is 18.0 Å². The van der Waals surface area contributed by atoms with Crippen molar-refractivity contribution in [2.24, 2.45) is 11.7 Å². The average Bonchev–Trinajstić information content (AvgIpc) is 3.35. The maximum atomic E-state index is 13.7. The third-order valence-electron chi connectivity index (χ3n) is 8.37. The number of anilines is 1. The molecule has 6 rings (SSSR count). The van der Waals surface area contributed by atoms with Gasteiger partial charge in [0.05, 0.1) is 22.9 Å². The van der Waals surface area contributed by atoms with Gasteiger partial charge in [0.25, 0.3) is 5.91 Å². The number of nitrogens with zero attached hydrogens (tertiary/aromatic N) is 1. The number of thioether (sulfide) groups is 1. The Labute approximate surface area is 243 Å². The van der Waals surface area contributed by atoms with Gasteiger partial charge in [-0.25, -0.2) is 4.79 Å². The molecule has 3 fully saturated rings. The number of carbonyl (C=O) groups is 3. The molecule has 0 aromatic heterocycles. The first-order valence-electron chi connectivity index (χ1n) is 14.3. The molecule has 5 atom stereocenters. The zero-order valence-corrected chi connectivity index (χ0v) is 23.8. The smallest absolute Gasteiger partial charge is 0.326 e. The minimum absolute atomic E-state index is 0.0207. The van der Waals surface area contributed by atoms with Crippen LogP contribution in [0.15, 0.2) is 59.1 Å². The van der Waals surface area contributed by atoms with E-state index in [0.717, 1.165) is 55.6 Å². The normalized spacial score (nSPS) is 27.1. The Balaban J connectivity index is 1.22. The highest BCUT2D eigenvalue weighted by Gasteiger charge is 2.52. The van der Waals surface area contributed by atoms with E-state index in [1.54, 1.807) is 0 Å². The van der Waals surface area contributed by atoms with Crippen molar-refractivity contribution in [3.05, 3.63) is 64.7 Å². The lowest BCUT2D eigenvalue weighted by atomic mass is 9.86. The fraction of sp³-hybridized carbons (Fsp3) is 0.433. The first-order chi connectivity index (χ1) is 19.9. The molecule has 216 valence electrons. The van der Waals surface area contributed by atoms with Crippen LogP contribution in [0.2, 0.25) is 0 Å². The lowest BCUT2D eigenvalue weighted by Gasteiger charge is -2.46. The predicted molar refractivity (Wildman–Crippen MR) is 158 cm³/mol. The number of carbonyl (C=O) groups excluding carboxylic acids is 3. The Morgan fingerprint density at radius 1 is 1.05 bits per heavy atom.